The maximum absolute atomic E-state index is 14.2. The van der Waals surface area contributed by atoms with Crippen molar-refractivity contribution >= 4 is 33.8 Å². The van der Waals surface area contributed by atoms with Crippen LogP contribution in [0.1, 0.15) is 46.4 Å². The third-order valence-corrected chi connectivity index (χ3v) is 4.61. The summed E-state index contributed by atoms with van der Waals surface area (Å²) < 4.78 is 33.3. The molecule has 20 heavy (non-hydrogen) atoms. The SMILES string of the molecule is CC(F)c1c(Cl)ccc([B]OC(C)(C)C(C)(C)P)c1F. The van der Waals surface area contributed by atoms with Crippen molar-refractivity contribution < 1.29 is 13.4 Å². The highest BCUT2D eigenvalue weighted by Gasteiger charge is 2.34. The summed E-state index contributed by atoms with van der Waals surface area (Å²) in [6, 6.07) is 2.96. The quantitative estimate of drug-likeness (QED) is 0.584. The summed E-state index contributed by atoms with van der Waals surface area (Å²) in [5.74, 6) is -0.676. The minimum Gasteiger partial charge on any atom is -0.429 e. The van der Waals surface area contributed by atoms with Gasteiger partial charge in [0.25, 0.3) is 0 Å². The second kappa shape index (κ2) is 6.29. The molecular formula is C14H20BClF2OP. The third kappa shape index (κ3) is 3.93. The molecule has 0 aliphatic rings. The van der Waals surface area contributed by atoms with Crippen molar-refractivity contribution in [2.75, 3.05) is 0 Å². The molecule has 6 heteroatoms. The molecule has 0 aromatic heterocycles. The fourth-order valence-corrected chi connectivity index (χ4v) is 1.77. The zero-order valence-corrected chi connectivity index (χ0v) is 14.3. The molecule has 1 radical (unpaired) electrons. The molecule has 0 saturated carbocycles. The molecule has 0 aliphatic heterocycles. The van der Waals surface area contributed by atoms with Crippen molar-refractivity contribution in [1.29, 1.82) is 0 Å². The molecule has 0 fully saturated rings. The fourth-order valence-electron chi connectivity index (χ4n) is 1.40. The third-order valence-electron chi connectivity index (χ3n) is 3.59. The lowest BCUT2D eigenvalue weighted by molar-refractivity contribution is 0.0839. The Labute approximate surface area is 127 Å². The number of alkyl halides is 1. The van der Waals surface area contributed by atoms with E-state index < -0.39 is 17.6 Å². The molecule has 0 heterocycles. The van der Waals surface area contributed by atoms with Crippen LogP contribution in [0.15, 0.2) is 12.1 Å². The van der Waals surface area contributed by atoms with Crippen LogP contribution in [0, 0.1) is 5.82 Å². The Morgan fingerprint density at radius 3 is 2.30 bits per heavy atom. The number of hydrogen-bond donors (Lipinski definition) is 0. The Balaban J connectivity index is 2.98. The molecule has 1 aromatic carbocycles. The van der Waals surface area contributed by atoms with E-state index >= 15 is 0 Å². The van der Waals surface area contributed by atoms with Gasteiger partial charge in [-0.25, -0.2) is 8.78 Å². The van der Waals surface area contributed by atoms with E-state index in [0.29, 0.717) is 0 Å². The van der Waals surface area contributed by atoms with Gasteiger partial charge in [0.2, 0.25) is 0 Å². The number of rotatable bonds is 5. The van der Waals surface area contributed by atoms with Crippen molar-refractivity contribution in [3.05, 3.63) is 28.5 Å². The van der Waals surface area contributed by atoms with Gasteiger partial charge in [0, 0.05) is 15.7 Å². The number of halogens is 3. The molecule has 2 atom stereocenters. The summed E-state index contributed by atoms with van der Waals surface area (Å²) in [5.41, 5.74) is -0.464. The summed E-state index contributed by atoms with van der Waals surface area (Å²) in [7, 11) is 4.02. The average molecular weight is 320 g/mol. The summed E-state index contributed by atoms with van der Waals surface area (Å²) in [6.07, 6.45) is -1.47. The van der Waals surface area contributed by atoms with Crippen molar-refractivity contribution in [3.8, 4) is 0 Å². The average Bonchev–Trinajstić information content (AvgIpc) is 2.25. The molecule has 1 rings (SSSR count). The first-order chi connectivity index (χ1) is 8.97. The van der Waals surface area contributed by atoms with Crippen LogP contribution < -0.4 is 5.46 Å². The van der Waals surface area contributed by atoms with E-state index in [-0.39, 0.29) is 21.2 Å². The molecule has 0 bridgehead atoms. The normalized spacial score (nSPS) is 14.2. The molecule has 0 amide bonds. The Hall–Kier alpha value is -0.175. The maximum atomic E-state index is 14.2. The lowest BCUT2D eigenvalue weighted by Crippen LogP contribution is -2.45. The van der Waals surface area contributed by atoms with E-state index in [0.717, 1.165) is 0 Å². The molecular weight excluding hydrogens is 299 g/mol. The fraction of sp³-hybridized carbons (Fsp3) is 0.571. The Bertz CT molecular complexity index is 487. The predicted octanol–water partition coefficient (Wildman–Crippen LogP) is 4.20. The highest BCUT2D eigenvalue weighted by molar-refractivity contribution is 7.19. The molecule has 0 saturated heterocycles. The van der Waals surface area contributed by atoms with Crippen LogP contribution >= 0.6 is 20.8 Å². The summed E-state index contributed by atoms with van der Waals surface area (Å²) in [5, 5.41) is -0.122. The summed E-state index contributed by atoms with van der Waals surface area (Å²) in [6.45, 7) is 9.06. The highest BCUT2D eigenvalue weighted by Crippen LogP contribution is 2.33. The zero-order valence-electron chi connectivity index (χ0n) is 12.4. The van der Waals surface area contributed by atoms with Crippen molar-refractivity contribution in [3.63, 3.8) is 0 Å². The molecule has 1 nitrogen and oxygen atoms in total. The van der Waals surface area contributed by atoms with Crippen LogP contribution in [0.4, 0.5) is 8.78 Å². The Morgan fingerprint density at radius 1 is 1.30 bits per heavy atom. The maximum Gasteiger partial charge on any atom is 0.333 e. The first-order valence-corrected chi connectivity index (χ1v) is 7.35. The van der Waals surface area contributed by atoms with Gasteiger partial charge in [-0.1, -0.05) is 31.5 Å². The minimum atomic E-state index is -1.47. The van der Waals surface area contributed by atoms with Gasteiger partial charge in [-0.3, -0.25) is 0 Å². The van der Waals surface area contributed by atoms with Crippen LogP contribution in [0.2, 0.25) is 5.02 Å². The van der Waals surface area contributed by atoms with Crippen molar-refractivity contribution in [1.82, 2.24) is 0 Å². The molecule has 0 aliphatic carbocycles. The van der Waals surface area contributed by atoms with Gasteiger partial charge >= 0.3 is 7.48 Å². The van der Waals surface area contributed by atoms with Crippen LogP contribution in [-0.2, 0) is 4.65 Å². The smallest absolute Gasteiger partial charge is 0.333 e. The second-order valence-electron chi connectivity index (χ2n) is 5.95. The van der Waals surface area contributed by atoms with E-state index in [1.807, 2.05) is 27.7 Å². The first-order valence-electron chi connectivity index (χ1n) is 6.39. The molecule has 0 spiro atoms. The van der Waals surface area contributed by atoms with E-state index in [4.69, 9.17) is 16.3 Å². The minimum absolute atomic E-state index is 0.0836. The van der Waals surface area contributed by atoms with Crippen LogP contribution in [0.5, 0.6) is 0 Å². The standard InChI is InChI=1S/C14H20BClF2OP/c1-8(17)11-10(16)7-6-9(12(11)18)15-19-13(2,3)14(4,5)20/h6-8H,20H2,1-5H3. The van der Waals surface area contributed by atoms with Gasteiger partial charge < -0.3 is 4.65 Å². The molecule has 0 N–H and O–H groups in total. The van der Waals surface area contributed by atoms with E-state index in [1.54, 1.807) is 0 Å². The number of hydrogen-bond acceptors (Lipinski definition) is 1. The van der Waals surface area contributed by atoms with E-state index in [1.165, 1.54) is 26.5 Å². The molecule has 111 valence electrons. The topological polar surface area (TPSA) is 9.23 Å². The largest absolute Gasteiger partial charge is 0.429 e. The van der Waals surface area contributed by atoms with Gasteiger partial charge in [0.05, 0.1) is 5.60 Å². The first kappa shape index (κ1) is 17.9. The zero-order chi connectivity index (χ0) is 15.7. The second-order valence-corrected chi connectivity index (χ2v) is 7.80. The lowest BCUT2D eigenvalue weighted by Gasteiger charge is -2.39. The lowest BCUT2D eigenvalue weighted by atomic mass is 9.82. The monoisotopic (exact) mass is 319 g/mol. The molecule has 1 aromatic rings. The highest BCUT2D eigenvalue weighted by atomic mass is 35.5. The van der Waals surface area contributed by atoms with Gasteiger partial charge in [0.1, 0.15) is 12.0 Å². The Kier molecular flexibility index (Phi) is 5.63. The summed E-state index contributed by atoms with van der Waals surface area (Å²) >= 11 is 5.82. The van der Waals surface area contributed by atoms with Crippen molar-refractivity contribution in [2.45, 2.75) is 51.5 Å². The van der Waals surface area contributed by atoms with Crippen molar-refractivity contribution in [2.24, 2.45) is 0 Å². The van der Waals surface area contributed by atoms with Gasteiger partial charge in [-0.2, -0.15) is 0 Å². The van der Waals surface area contributed by atoms with Crippen LogP contribution in [0.25, 0.3) is 0 Å². The summed E-state index contributed by atoms with van der Waals surface area (Å²) in [4.78, 5) is 0. The van der Waals surface area contributed by atoms with Crippen LogP contribution in [-0.4, -0.2) is 18.2 Å². The molecule has 2 unspecified atom stereocenters. The van der Waals surface area contributed by atoms with E-state index in [9.17, 15) is 8.78 Å². The van der Waals surface area contributed by atoms with Gasteiger partial charge in [0.15, 0.2) is 0 Å². The predicted molar refractivity (Wildman–Crippen MR) is 85.3 cm³/mol. The Morgan fingerprint density at radius 2 is 1.85 bits per heavy atom. The van der Waals surface area contributed by atoms with Crippen LogP contribution in [0.3, 0.4) is 0 Å². The van der Waals surface area contributed by atoms with E-state index in [2.05, 4.69) is 9.24 Å². The van der Waals surface area contributed by atoms with Gasteiger partial charge in [-0.15, -0.1) is 9.24 Å². The van der Waals surface area contributed by atoms with Gasteiger partial charge in [-0.05, 0) is 32.3 Å². The number of benzene rings is 1.